The molecule has 6 nitrogen and oxygen atoms in total. The number of nitrogens with zero attached hydrogens (tertiary/aromatic N) is 3. The summed E-state index contributed by atoms with van der Waals surface area (Å²) in [6.07, 6.45) is 3.51. The first-order chi connectivity index (χ1) is 13.0. The van der Waals surface area contributed by atoms with Crippen LogP contribution in [0.4, 0.5) is 4.79 Å². The first-order valence-corrected chi connectivity index (χ1v) is 9.23. The highest BCUT2D eigenvalue weighted by Gasteiger charge is 2.25. The fraction of sp³-hybridized carbons (Fsp3) is 0.381. The molecule has 3 amide bonds. The van der Waals surface area contributed by atoms with Crippen molar-refractivity contribution in [3.05, 3.63) is 65.0 Å². The Hall–Kier alpha value is -2.89. The number of carbonyl (C=O) groups excluding carboxylic acids is 2. The van der Waals surface area contributed by atoms with Crippen LogP contribution in [0.25, 0.3) is 0 Å². The lowest BCUT2D eigenvalue weighted by molar-refractivity contribution is -0.130. The van der Waals surface area contributed by atoms with Crippen molar-refractivity contribution in [3.8, 4) is 0 Å². The van der Waals surface area contributed by atoms with E-state index < -0.39 is 0 Å². The second-order valence-corrected chi connectivity index (χ2v) is 7.01. The SMILES string of the molecule is CC(=O)N1CCN(C(=O)N[C@@H](c2cccnc2)c2ccc(C)c(C)c2)CC1. The van der Waals surface area contributed by atoms with Crippen LogP contribution in [0.15, 0.2) is 42.7 Å². The zero-order chi connectivity index (χ0) is 19.4. The molecule has 1 fully saturated rings. The summed E-state index contributed by atoms with van der Waals surface area (Å²) in [7, 11) is 0. The van der Waals surface area contributed by atoms with Crippen molar-refractivity contribution in [1.29, 1.82) is 0 Å². The number of aromatic nitrogens is 1. The van der Waals surface area contributed by atoms with Gasteiger partial charge in [0.2, 0.25) is 5.91 Å². The van der Waals surface area contributed by atoms with E-state index in [9.17, 15) is 9.59 Å². The Balaban J connectivity index is 1.79. The van der Waals surface area contributed by atoms with Crippen LogP contribution in [-0.4, -0.2) is 52.9 Å². The van der Waals surface area contributed by atoms with Gasteiger partial charge in [-0.3, -0.25) is 9.78 Å². The summed E-state index contributed by atoms with van der Waals surface area (Å²) in [6, 6.07) is 9.70. The number of hydrogen-bond donors (Lipinski definition) is 1. The van der Waals surface area contributed by atoms with Gasteiger partial charge in [-0.25, -0.2) is 4.79 Å². The second-order valence-electron chi connectivity index (χ2n) is 7.01. The third-order valence-corrected chi connectivity index (χ3v) is 5.16. The highest BCUT2D eigenvalue weighted by atomic mass is 16.2. The Labute approximate surface area is 160 Å². The zero-order valence-electron chi connectivity index (χ0n) is 16.1. The summed E-state index contributed by atoms with van der Waals surface area (Å²) >= 11 is 0. The number of piperazine rings is 1. The summed E-state index contributed by atoms with van der Waals surface area (Å²) < 4.78 is 0. The maximum Gasteiger partial charge on any atom is 0.318 e. The van der Waals surface area contributed by atoms with Gasteiger partial charge in [-0.2, -0.15) is 0 Å². The Bertz CT molecular complexity index is 814. The van der Waals surface area contributed by atoms with Crippen LogP contribution in [-0.2, 0) is 4.79 Å². The van der Waals surface area contributed by atoms with Gasteiger partial charge >= 0.3 is 6.03 Å². The maximum atomic E-state index is 12.9. The van der Waals surface area contributed by atoms with Gasteiger partial charge in [0, 0.05) is 45.5 Å². The topological polar surface area (TPSA) is 65.5 Å². The minimum Gasteiger partial charge on any atom is -0.339 e. The molecule has 2 aromatic rings. The first-order valence-electron chi connectivity index (χ1n) is 9.23. The molecular weight excluding hydrogens is 340 g/mol. The molecule has 1 aromatic heterocycles. The lowest BCUT2D eigenvalue weighted by Gasteiger charge is -2.35. The molecule has 27 heavy (non-hydrogen) atoms. The minimum atomic E-state index is -0.267. The molecule has 0 unspecified atom stereocenters. The van der Waals surface area contributed by atoms with E-state index in [0.29, 0.717) is 26.2 Å². The monoisotopic (exact) mass is 366 g/mol. The van der Waals surface area contributed by atoms with Crippen molar-refractivity contribution in [2.45, 2.75) is 26.8 Å². The molecule has 1 N–H and O–H groups in total. The van der Waals surface area contributed by atoms with Gasteiger partial charge in [0.25, 0.3) is 0 Å². The van der Waals surface area contributed by atoms with Crippen LogP contribution in [0.2, 0.25) is 0 Å². The van der Waals surface area contributed by atoms with E-state index in [2.05, 4.69) is 36.3 Å². The Morgan fingerprint density at radius 1 is 1.00 bits per heavy atom. The van der Waals surface area contributed by atoms with Gasteiger partial charge < -0.3 is 15.1 Å². The third-order valence-electron chi connectivity index (χ3n) is 5.16. The molecule has 6 heteroatoms. The Kier molecular flexibility index (Phi) is 5.74. The summed E-state index contributed by atoms with van der Waals surface area (Å²) in [6.45, 7) is 7.94. The molecule has 142 valence electrons. The van der Waals surface area contributed by atoms with Crippen LogP contribution >= 0.6 is 0 Å². The molecular formula is C21H26N4O2. The van der Waals surface area contributed by atoms with Gasteiger partial charge in [0.05, 0.1) is 6.04 Å². The van der Waals surface area contributed by atoms with Gasteiger partial charge in [-0.05, 0) is 42.2 Å². The van der Waals surface area contributed by atoms with Crippen LogP contribution in [0.1, 0.15) is 35.2 Å². The van der Waals surface area contributed by atoms with Crippen LogP contribution in [0.3, 0.4) is 0 Å². The van der Waals surface area contributed by atoms with E-state index in [1.165, 1.54) is 11.1 Å². The van der Waals surface area contributed by atoms with E-state index in [1.54, 1.807) is 29.1 Å². The van der Waals surface area contributed by atoms with Crippen molar-refractivity contribution >= 4 is 11.9 Å². The van der Waals surface area contributed by atoms with E-state index >= 15 is 0 Å². The average Bonchev–Trinajstić information content (AvgIpc) is 2.69. The lowest BCUT2D eigenvalue weighted by Crippen LogP contribution is -2.53. The number of rotatable bonds is 3. The molecule has 0 radical (unpaired) electrons. The molecule has 1 aliphatic rings. The molecule has 3 rings (SSSR count). The number of aryl methyl sites for hydroxylation is 2. The lowest BCUT2D eigenvalue weighted by atomic mass is 9.96. The van der Waals surface area contributed by atoms with Crippen molar-refractivity contribution in [2.24, 2.45) is 0 Å². The predicted octanol–water partition coefficient (Wildman–Crippen LogP) is 2.66. The number of pyridine rings is 1. The standard InChI is InChI=1S/C21H26N4O2/c1-15-6-7-18(13-16(15)2)20(19-5-4-8-22-14-19)23-21(27)25-11-9-24(10-12-25)17(3)26/h4-8,13-14,20H,9-12H2,1-3H3,(H,23,27)/t20-/m1/s1. The molecule has 2 heterocycles. The largest absolute Gasteiger partial charge is 0.339 e. The highest BCUT2D eigenvalue weighted by molar-refractivity contribution is 5.77. The summed E-state index contributed by atoms with van der Waals surface area (Å²) in [5.41, 5.74) is 4.37. The number of carbonyl (C=O) groups is 2. The Morgan fingerprint density at radius 3 is 2.30 bits per heavy atom. The van der Waals surface area contributed by atoms with Gasteiger partial charge in [-0.15, -0.1) is 0 Å². The third kappa shape index (κ3) is 4.45. The average molecular weight is 366 g/mol. The summed E-state index contributed by atoms with van der Waals surface area (Å²) in [4.78, 5) is 32.1. The molecule has 1 atom stereocenters. The van der Waals surface area contributed by atoms with Crippen LogP contribution < -0.4 is 5.32 Å². The quantitative estimate of drug-likeness (QED) is 0.908. The molecule has 1 aromatic carbocycles. The van der Waals surface area contributed by atoms with E-state index in [-0.39, 0.29) is 18.0 Å². The summed E-state index contributed by atoms with van der Waals surface area (Å²) in [5, 5.41) is 3.15. The van der Waals surface area contributed by atoms with Gasteiger partial charge in [0.1, 0.15) is 0 Å². The molecule has 1 aliphatic heterocycles. The van der Waals surface area contributed by atoms with E-state index in [0.717, 1.165) is 11.1 Å². The molecule has 1 saturated heterocycles. The maximum absolute atomic E-state index is 12.9. The summed E-state index contributed by atoms with van der Waals surface area (Å²) in [5.74, 6) is 0.0541. The Morgan fingerprint density at radius 2 is 1.70 bits per heavy atom. The number of urea groups is 1. The first kappa shape index (κ1) is 18.9. The molecule has 0 spiro atoms. The predicted molar refractivity (Wildman–Crippen MR) is 104 cm³/mol. The molecule has 0 saturated carbocycles. The number of nitrogens with one attached hydrogen (secondary N) is 1. The number of benzene rings is 1. The van der Waals surface area contributed by atoms with E-state index in [1.807, 2.05) is 18.2 Å². The van der Waals surface area contributed by atoms with Gasteiger partial charge in [-0.1, -0.05) is 24.3 Å². The van der Waals surface area contributed by atoms with Crippen LogP contribution in [0, 0.1) is 13.8 Å². The van der Waals surface area contributed by atoms with Crippen molar-refractivity contribution in [3.63, 3.8) is 0 Å². The molecule has 0 bridgehead atoms. The van der Waals surface area contributed by atoms with E-state index in [4.69, 9.17) is 0 Å². The smallest absolute Gasteiger partial charge is 0.318 e. The minimum absolute atomic E-state index is 0.0541. The van der Waals surface area contributed by atoms with Gasteiger partial charge in [0.15, 0.2) is 0 Å². The number of amides is 3. The zero-order valence-corrected chi connectivity index (χ0v) is 16.1. The molecule has 0 aliphatic carbocycles. The van der Waals surface area contributed by atoms with Crippen molar-refractivity contribution < 1.29 is 9.59 Å². The van der Waals surface area contributed by atoms with Crippen molar-refractivity contribution in [1.82, 2.24) is 20.1 Å². The van der Waals surface area contributed by atoms with Crippen molar-refractivity contribution in [2.75, 3.05) is 26.2 Å². The second kappa shape index (κ2) is 8.20. The fourth-order valence-corrected chi connectivity index (χ4v) is 3.29. The fourth-order valence-electron chi connectivity index (χ4n) is 3.29. The number of hydrogen-bond acceptors (Lipinski definition) is 3. The normalized spacial score (nSPS) is 15.4. The highest BCUT2D eigenvalue weighted by Crippen LogP contribution is 2.24. The van der Waals surface area contributed by atoms with Crippen LogP contribution in [0.5, 0.6) is 0 Å².